The van der Waals surface area contributed by atoms with Crippen LogP contribution in [-0.4, -0.2) is 52.0 Å². The normalized spacial score (nSPS) is 21.5. The number of hydrogen-bond donors (Lipinski definition) is 1. The summed E-state index contributed by atoms with van der Waals surface area (Å²) >= 11 is 0. The van der Waals surface area contributed by atoms with Crippen LogP contribution in [0.15, 0.2) is 6.20 Å². The third-order valence-corrected chi connectivity index (χ3v) is 5.18. The summed E-state index contributed by atoms with van der Waals surface area (Å²) in [5, 5.41) is 11.7. The first-order chi connectivity index (χ1) is 10.6. The molecule has 0 spiro atoms. The highest BCUT2D eigenvalue weighted by molar-refractivity contribution is 5.92. The fourth-order valence-corrected chi connectivity index (χ4v) is 3.56. The molecule has 0 unspecified atom stereocenters. The molecule has 6 heteroatoms. The fourth-order valence-electron chi connectivity index (χ4n) is 3.56. The summed E-state index contributed by atoms with van der Waals surface area (Å²) in [7, 11) is 0. The van der Waals surface area contributed by atoms with Crippen molar-refractivity contribution in [3.63, 3.8) is 0 Å². The zero-order chi connectivity index (χ0) is 15.5. The van der Waals surface area contributed by atoms with E-state index in [2.05, 4.69) is 29.5 Å². The average molecular weight is 305 g/mol. The minimum atomic E-state index is 0.0439. The van der Waals surface area contributed by atoms with Crippen LogP contribution in [0, 0.1) is 11.8 Å². The summed E-state index contributed by atoms with van der Waals surface area (Å²) < 4.78 is 1.88. The van der Waals surface area contributed by atoms with Gasteiger partial charge in [-0.3, -0.25) is 4.79 Å². The van der Waals surface area contributed by atoms with Crippen LogP contribution >= 0.6 is 0 Å². The van der Waals surface area contributed by atoms with Gasteiger partial charge in [-0.2, -0.15) is 0 Å². The second-order valence-electron chi connectivity index (χ2n) is 6.94. The van der Waals surface area contributed by atoms with E-state index in [1.54, 1.807) is 0 Å². The van der Waals surface area contributed by atoms with Gasteiger partial charge in [0.2, 0.25) is 0 Å². The van der Waals surface area contributed by atoms with Gasteiger partial charge >= 0.3 is 0 Å². The first kappa shape index (κ1) is 15.5. The molecule has 1 aromatic rings. The number of nitrogens with one attached hydrogen (secondary N) is 1. The van der Waals surface area contributed by atoms with E-state index >= 15 is 0 Å². The maximum absolute atomic E-state index is 12.6. The molecule has 0 aromatic carbocycles. The van der Waals surface area contributed by atoms with Crippen LogP contribution in [0.4, 0.5) is 0 Å². The first-order valence-corrected chi connectivity index (χ1v) is 8.57. The predicted molar refractivity (Wildman–Crippen MR) is 84.6 cm³/mol. The quantitative estimate of drug-likeness (QED) is 0.923. The van der Waals surface area contributed by atoms with E-state index in [4.69, 9.17) is 0 Å². The summed E-state index contributed by atoms with van der Waals surface area (Å²) in [6.07, 6.45) is 6.15. The number of aromatic nitrogens is 3. The van der Waals surface area contributed by atoms with E-state index in [0.717, 1.165) is 57.8 Å². The van der Waals surface area contributed by atoms with Crippen molar-refractivity contribution in [3.8, 4) is 0 Å². The van der Waals surface area contributed by atoms with Crippen molar-refractivity contribution in [2.24, 2.45) is 11.8 Å². The molecule has 3 rings (SSSR count). The lowest BCUT2D eigenvalue weighted by atomic mass is 9.86. The summed E-state index contributed by atoms with van der Waals surface area (Å²) in [5.74, 6) is 1.50. The zero-order valence-corrected chi connectivity index (χ0v) is 13.7. The van der Waals surface area contributed by atoms with Gasteiger partial charge in [0.25, 0.3) is 5.91 Å². The van der Waals surface area contributed by atoms with E-state index in [1.165, 1.54) is 0 Å². The molecule has 122 valence electrons. The van der Waals surface area contributed by atoms with Gasteiger partial charge < -0.3 is 10.2 Å². The van der Waals surface area contributed by atoms with Crippen molar-refractivity contribution in [2.45, 2.75) is 45.6 Å². The molecule has 0 bridgehead atoms. The van der Waals surface area contributed by atoms with Crippen molar-refractivity contribution < 1.29 is 4.79 Å². The molecule has 2 saturated heterocycles. The van der Waals surface area contributed by atoms with Gasteiger partial charge in [0.05, 0.1) is 12.2 Å². The van der Waals surface area contributed by atoms with Gasteiger partial charge in [-0.1, -0.05) is 19.1 Å². The van der Waals surface area contributed by atoms with Crippen LogP contribution in [0.1, 0.15) is 56.1 Å². The molecule has 0 atom stereocenters. The molecule has 0 radical (unpaired) electrons. The van der Waals surface area contributed by atoms with Gasteiger partial charge in [-0.15, -0.1) is 5.10 Å². The highest BCUT2D eigenvalue weighted by atomic mass is 16.2. The zero-order valence-electron chi connectivity index (χ0n) is 13.7. The highest BCUT2D eigenvalue weighted by Crippen LogP contribution is 2.25. The topological polar surface area (TPSA) is 63.1 Å². The van der Waals surface area contributed by atoms with Gasteiger partial charge in [-0.25, -0.2) is 4.68 Å². The standard InChI is InChI=1S/C16H27N5O/c1-12(2)13-5-9-20(10-6-13)16(22)15-11-21(19-18-15)14-3-7-17-8-4-14/h11-14,17H,3-10H2,1-2H3. The minimum Gasteiger partial charge on any atom is -0.337 e. The molecule has 2 fully saturated rings. The van der Waals surface area contributed by atoms with Gasteiger partial charge in [0.15, 0.2) is 5.69 Å². The highest BCUT2D eigenvalue weighted by Gasteiger charge is 2.27. The molecule has 3 heterocycles. The Balaban J connectivity index is 1.60. The van der Waals surface area contributed by atoms with E-state index in [-0.39, 0.29) is 5.91 Å². The van der Waals surface area contributed by atoms with Crippen LogP contribution in [-0.2, 0) is 0 Å². The number of amides is 1. The van der Waals surface area contributed by atoms with Crippen LogP contribution in [0.5, 0.6) is 0 Å². The molecule has 2 aliphatic heterocycles. The SMILES string of the molecule is CC(C)C1CCN(C(=O)c2cn(C3CCNCC3)nn2)CC1. The van der Waals surface area contributed by atoms with Crippen molar-refractivity contribution in [1.29, 1.82) is 0 Å². The summed E-state index contributed by atoms with van der Waals surface area (Å²) in [6.45, 7) is 8.26. The summed E-state index contributed by atoms with van der Waals surface area (Å²) in [4.78, 5) is 14.5. The molecule has 1 aromatic heterocycles. The molecule has 6 nitrogen and oxygen atoms in total. The third kappa shape index (κ3) is 3.32. The van der Waals surface area contributed by atoms with E-state index in [9.17, 15) is 4.79 Å². The lowest BCUT2D eigenvalue weighted by Crippen LogP contribution is -2.39. The van der Waals surface area contributed by atoms with Crippen LogP contribution in [0.3, 0.4) is 0 Å². The summed E-state index contributed by atoms with van der Waals surface area (Å²) in [5.41, 5.74) is 0.501. The number of rotatable bonds is 3. The predicted octanol–water partition coefficient (Wildman–Crippen LogP) is 1.71. The van der Waals surface area contributed by atoms with E-state index in [1.807, 2.05) is 15.8 Å². The first-order valence-electron chi connectivity index (χ1n) is 8.57. The second-order valence-corrected chi connectivity index (χ2v) is 6.94. The number of likely N-dealkylation sites (tertiary alicyclic amines) is 1. The Bertz CT molecular complexity index is 498. The number of piperidine rings is 2. The van der Waals surface area contributed by atoms with Crippen molar-refractivity contribution >= 4 is 5.91 Å². The third-order valence-electron chi connectivity index (χ3n) is 5.18. The van der Waals surface area contributed by atoms with Crippen LogP contribution in [0.2, 0.25) is 0 Å². The van der Waals surface area contributed by atoms with Crippen molar-refractivity contribution in [3.05, 3.63) is 11.9 Å². The average Bonchev–Trinajstić information content (AvgIpc) is 3.05. The largest absolute Gasteiger partial charge is 0.337 e. The molecule has 1 N–H and O–H groups in total. The Kier molecular flexibility index (Phi) is 4.76. The van der Waals surface area contributed by atoms with Gasteiger partial charge in [-0.05, 0) is 50.6 Å². The Labute approximate surface area is 132 Å². The Morgan fingerprint density at radius 2 is 1.91 bits per heavy atom. The Hall–Kier alpha value is -1.43. The molecule has 1 amide bonds. The number of hydrogen-bond acceptors (Lipinski definition) is 4. The molecule has 0 saturated carbocycles. The molecule has 22 heavy (non-hydrogen) atoms. The Morgan fingerprint density at radius 1 is 1.23 bits per heavy atom. The van der Waals surface area contributed by atoms with Crippen molar-refractivity contribution in [1.82, 2.24) is 25.2 Å². The van der Waals surface area contributed by atoms with E-state index < -0.39 is 0 Å². The number of nitrogens with zero attached hydrogens (tertiary/aromatic N) is 4. The summed E-state index contributed by atoms with van der Waals surface area (Å²) in [6, 6.07) is 0.377. The number of carbonyl (C=O) groups excluding carboxylic acids is 1. The second kappa shape index (κ2) is 6.77. The van der Waals surface area contributed by atoms with Crippen LogP contribution in [0.25, 0.3) is 0 Å². The monoisotopic (exact) mass is 305 g/mol. The maximum Gasteiger partial charge on any atom is 0.276 e. The maximum atomic E-state index is 12.6. The lowest BCUT2D eigenvalue weighted by Gasteiger charge is -2.33. The van der Waals surface area contributed by atoms with Crippen molar-refractivity contribution in [2.75, 3.05) is 26.2 Å². The van der Waals surface area contributed by atoms with E-state index in [0.29, 0.717) is 17.7 Å². The molecular formula is C16H27N5O. The van der Waals surface area contributed by atoms with Gasteiger partial charge in [0.1, 0.15) is 0 Å². The molecule has 0 aliphatic carbocycles. The fraction of sp³-hybridized carbons (Fsp3) is 0.812. The minimum absolute atomic E-state index is 0.0439. The van der Waals surface area contributed by atoms with Gasteiger partial charge in [0, 0.05) is 13.1 Å². The Morgan fingerprint density at radius 3 is 2.55 bits per heavy atom. The number of carbonyl (C=O) groups is 1. The smallest absolute Gasteiger partial charge is 0.276 e. The van der Waals surface area contributed by atoms with Crippen LogP contribution < -0.4 is 5.32 Å². The molecular weight excluding hydrogens is 278 g/mol. The lowest BCUT2D eigenvalue weighted by molar-refractivity contribution is 0.0661. The molecule has 2 aliphatic rings.